The number of nitrogens with zero attached hydrogens (tertiary/aromatic N) is 2. The number of thioether (sulfide) groups is 1. The van der Waals surface area contributed by atoms with Crippen LogP contribution in [-0.2, 0) is 0 Å². The normalized spacial score (nSPS) is 12.2. The van der Waals surface area contributed by atoms with Gasteiger partial charge in [-0.25, -0.2) is 9.37 Å². The zero-order valence-corrected chi connectivity index (χ0v) is 13.2. The summed E-state index contributed by atoms with van der Waals surface area (Å²) in [6.07, 6.45) is 3.83. The lowest BCUT2D eigenvalue weighted by Crippen LogP contribution is -2.34. The first kappa shape index (κ1) is 16.5. The van der Waals surface area contributed by atoms with Crippen LogP contribution in [0, 0.1) is 5.82 Å². The van der Waals surface area contributed by atoms with Crippen molar-refractivity contribution in [2.24, 2.45) is 0 Å². The van der Waals surface area contributed by atoms with Crippen molar-refractivity contribution in [1.29, 1.82) is 0 Å². The molecule has 1 atom stereocenters. The maximum atomic E-state index is 13.1. The number of carbonyl (C=O) groups excluding carboxylic acids is 1. The minimum Gasteiger partial charge on any atom is -0.396 e. The lowest BCUT2D eigenvalue weighted by Gasteiger charge is -2.14. The first-order valence-corrected chi connectivity index (χ1v) is 8.08. The van der Waals surface area contributed by atoms with Gasteiger partial charge >= 0.3 is 0 Å². The average molecular weight is 323 g/mol. The van der Waals surface area contributed by atoms with Crippen molar-refractivity contribution >= 4 is 17.7 Å². The minimum atomic E-state index is -0.336. The summed E-state index contributed by atoms with van der Waals surface area (Å²) < 4.78 is 14.8. The number of imidazole rings is 1. The predicted octanol–water partition coefficient (Wildman–Crippen LogP) is 2.23. The Morgan fingerprint density at radius 2 is 2.14 bits per heavy atom. The Hall–Kier alpha value is -1.86. The fourth-order valence-corrected chi connectivity index (χ4v) is 2.59. The summed E-state index contributed by atoms with van der Waals surface area (Å²) in [5.41, 5.74) is 1.05. The van der Waals surface area contributed by atoms with Crippen molar-refractivity contribution in [3.63, 3.8) is 0 Å². The number of hydrogen-bond acceptors (Lipinski definition) is 4. The molecule has 0 aliphatic carbocycles. The van der Waals surface area contributed by atoms with E-state index in [2.05, 4.69) is 10.3 Å². The summed E-state index contributed by atoms with van der Waals surface area (Å²) in [7, 11) is 0. The first-order valence-electron chi connectivity index (χ1n) is 6.86. The van der Waals surface area contributed by atoms with Crippen LogP contribution in [0.5, 0.6) is 0 Å². The Morgan fingerprint density at radius 3 is 2.73 bits per heavy atom. The molecule has 0 spiro atoms. The molecule has 0 aliphatic rings. The topological polar surface area (TPSA) is 67.2 Å². The highest BCUT2D eigenvalue weighted by Crippen LogP contribution is 2.22. The van der Waals surface area contributed by atoms with E-state index in [1.165, 1.54) is 30.1 Å². The van der Waals surface area contributed by atoms with Gasteiger partial charge in [0.25, 0.3) is 5.91 Å². The standard InChI is InChI=1S/C15H18FN3O2S/c1-10(7-8-20)18-14(21)13-9-17-15(22-2)19(13)12-5-3-11(16)4-6-12/h3-6,9-10,20H,7-8H2,1-2H3,(H,18,21). The van der Waals surface area contributed by atoms with E-state index in [0.717, 1.165) is 0 Å². The summed E-state index contributed by atoms with van der Waals surface area (Å²) in [4.78, 5) is 16.6. The van der Waals surface area contributed by atoms with E-state index in [9.17, 15) is 9.18 Å². The van der Waals surface area contributed by atoms with E-state index in [0.29, 0.717) is 23.0 Å². The molecule has 0 bridgehead atoms. The average Bonchev–Trinajstić information content (AvgIpc) is 2.92. The predicted molar refractivity (Wildman–Crippen MR) is 83.9 cm³/mol. The lowest BCUT2D eigenvalue weighted by molar-refractivity contribution is 0.0927. The fraction of sp³-hybridized carbons (Fsp3) is 0.333. The van der Waals surface area contributed by atoms with Crippen molar-refractivity contribution < 1.29 is 14.3 Å². The number of aliphatic hydroxyl groups is 1. The molecular weight excluding hydrogens is 305 g/mol. The molecule has 0 saturated carbocycles. The highest BCUT2D eigenvalue weighted by molar-refractivity contribution is 7.98. The number of halogens is 1. The highest BCUT2D eigenvalue weighted by Gasteiger charge is 2.19. The molecule has 5 nitrogen and oxygen atoms in total. The Morgan fingerprint density at radius 1 is 1.45 bits per heavy atom. The summed E-state index contributed by atoms with van der Waals surface area (Å²) in [6.45, 7) is 1.83. The second-order valence-corrected chi connectivity index (χ2v) is 5.60. The van der Waals surface area contributed by atoms with Gasteiger partial charge in [0.2, 0.25) is 0 Å². The van der Waals surface area contributed by atoms with E-state index in [1.54, 1.807) is 16.7 Å². The molecule has 2 aromatic rings. The molecule has 2 rings (SSSR count). The molecule has 2 N–H and O–H groups in total. The van der Waals surface area contributed by atoms with E-state index in [4.69, 9.17) is 5.11 Å². The van der Waals surface area contributed by atoms with Crippen LogP contribution < -0.4 is 5.32 Å². The van der Waals surface area contributed by atoms with Crippen molar-refractivity contribution in [2.45, 2.75) is 24.5 Å². The number of amides is 1. The number of benzene rings is 1. The third kappa shape index (κ3) is 3.66. The van der Waals surface area contributed by atoms with Crippen molar-refractivity contribution in [3.05, 3.63) is 42.0 Å². The van der Waals surface area contributed by atoms with Gasteiger partial charge in [-0.2, -0.15) is 0 Å². The van der Waals surface area contributed by atoms with Gasteiger partial charge in [0, 0.05) is 18.3 Å². The van der Waals surface area contributed by atoms with Crippen molar-refractivity contribution in [2.75, 3.05) is 12.9 Å². The molecular formula is C15H18FN3O2S. The van der Waals surface area contributed by atoms with E-state index in [1.807, 2.05) is 13.2 Å². The zero-order valence-electron chi connectivity index (χ0n) is 12.4. The van der Waals surface area contributed by atoms with Gasteiger partial charge in [-0.15, -0.1) is 0 Å². The smallest absolute Gasteiger partial charge is 0.270 e. The molecule has 1 unspecified atom stereocenters. The second-order valence-electron chi connectivity index (χ2n) is 4.83. The molecule has 0 radical (unpaired) electrons. The van der Waals surface area contributed by atoms with Gasteiger partial charge in [0.1, 0.15) is 11.5 Å². The molecule has 1 aromatic carbocycles. The SMILES string of the molecule is CSc1ncc(C(=O)NC(C)CCO)n1-c1ccc(F)cc1. The maximum Gasteiger partial charge on any atom is 0.270 e. The number of aliphatic hydroxyl groups excluding tert-OH is 1. The summed E-state index contributed by atoms with van der Waals surface area (Å²) >= 11 is 1.40. The molecule has 1 heterocycles. The van der Waals surface area contributed by atoms with Gasteiger partial charge < -0.3 is 10.4 Å². The lowest BCUT2D eigenvalue weighted by atomic mass is 10.2. The third-order valence-corrected chi connectivity index (χ3v) is 3.82. The van der Waals surface area contributed by atoms with E-state index < -0.39 is 0 Å². The molecule has 0 saturated heterocycles. The van der Waals surface area contributed by atoms with E-state index >= 15 is 0 Å². The largest absolute Gasteiger partial charge is 0.396 e. The molecule has 1 amide bonds. The van der Waals surface area contributed by atoms with Crippen LogP contribution in [0.1, 0.15) is 23.8 Å². The van der Waals surface area contributed by atoms with Crippen LogP contribution >= 0.6 is 11.8 Å². The fourth-order valence-electron chi connectivity index (χ4n) is 2.04. The van der Waals surface area contributed by atoms with Crippen LogP contribution in [0.2, 0.25) is 0 Å². The zero-order chi connectivity index (χ0) is 16.1. The molecule has 1 aromatic heterocycles. The Balaban J connectivity index is 2.34. The monoisotopic (exact) mass is 323 g/mol. The Labute approximate surface area is 132 Å². The van der Waals surface area contributed by atoms with Crippen LogP contribution in [-0.4, -0.2) is 39.5 Å². The molecule has 118 valence electrons. The minimum absolute atomic E-state index is 0.00866. The number of rotatable bonds is 6. The Kier molecular flexibility index (Phi) is 5.57. The summed E-state index contributed by atoms with van der Waals surface area (Å²) in [6, 6.07) is 5.74. The first-order chi connectivity index (χ1) is 10.6. The van der Waals surface area contributed by atoms with Gasteiger partial charge in [0.15, 0.2) is 5.16 Å². The molecule has 0 fully saturated rings. The molecule has 22 heavy (non-hydrogen) atoms. The number of nitrogens with one attached hydrogen (secondary N) is 1. The van der Waals surface area contributed by atoms with Gasteiger partial charge in [-0.05, 0) is 43.9 Å². The Bertz CT molecular complexity index is 643. The van der Waals surface area contributed by atoms with Crippen LogP contribution in [0.15, 0.2) is 35.6 Å². The highest BCUT2D eigenvalue weighted by atomic mass is 32.2. The van der Waals surface area contributed by atoms with Crippen molar-refractivity contribution in [3.8, 4) is 5.69 Å². The van der Waals surface area contributed by atoms with Crippen LogP contribution in [0.25, 0.3) is 5.69 Å². The number of aromatic nitrogens is 2. The third-order valence-electron chi connectivity index (χ3n) is 3.17. The maximum absolute atomic E-state index is 13.1. The van der Waals surface area contributed by atoms with E-state index in [-0.39, 0.29) is 24.4 Å². The quantitative estimate of drug-likeness (QED) is 0.800. The van der Waals surface area contributed by atoms with Crippen LogP contribution in [0.3, 0.4) is 0 Å². The summed E-state index contributed by atoms with van der Waals surface area (Å²) in [5, 5.41) is 12.4. The number of carbonyl (C=O) groups is 1. The van der Waals surface area contributed by atoms with Crippen LogP contribution in [0.4, 0.5) is 4.39 Å². The molecule has 0 aliphatic heterocycles. The summed E-state index contributed by atoms with van der Waals surface area (Å²) in [5.74, 6) is -0.616. The van der Waals surface area contributed by atoms with Gasteiger partial charge in [0.05, 0.1) is 6.20 Å². The number of hydrogen-bond donors (Lipinski definition) is 2. The van der Waals surface area contributed by atoms with Gasteiger partial charge in [-0.1, -0.05) is 11.8 Å². The second kappa shape index (κ2) is 7.42. The molecule has 7 heteroatoms. The van der Waals surface area contributed by atoms with Crippen molar-refractivity contribution in [1.82, 2.24) is 14.9 Å². The van der Waals surface area contributed by atoms with Gasteiger partial charge in [-0.3, -0.25) is 9.36 Å².